The number of carbonyl (C=O) groups is 3. The standard InChI is InChI=1S/C20H19FN2O5/c1-10(2)23-9-13(18(25)20(23)27)17(24)15-7-6-12(28-15)8-11-4-3-5-14(21)16(11)19(22)26/h3-7,10,25H,8-9H2,1-2H3,(H2,22,26). The summed E-state index contributed by atoms with van der Waals surface area (Å²) in [6.45, 7) is 3.55. The molecule has 0 saturated carbocycles. The van der Waals surface area contributed by atoms with Gasteiger partial charge in [-0.05, 0) is 37.6 Å². The molecule has 0 atom stereocenters. The van der Waals surface area contributed by atoms with Crippen molar-refractivity contribution in [1.82, 2.24) is 4.90 Å². The van der Waals surface area contributed by atoms with Gasteiger partial charge in [-0.25, -0.2) is 4.39 Å². The fourth-order valence-corrected chi connectivity index (χ4v) is 3.10. The Kier molecular flexibility index (Phi) is 5.04. The van der Waals surface area contributed by atoms with Crippen LogP contribution < -0.4 is 5.73 Å². The number of carbonyl (C=O) groups excluding carboxylic acids is 3. The van der Waals surface area contributed by atoms with E-state index in [1.54, 1.807) is 13.8 Å². The summed E-state index contributed by atoms with van der Waals surface area (Å²) >= 11 is 0. The van der Waals surface area contributed by atoms with Gasteiger partial charge in [-0.1, -0.05) is 12.1 Å². The molecule has 0 saturated heterocycles. The first kappa shape index (κ1) is 19.3. The van der Waals surface area contributed by atoms with Gasteiger partial charge in [0.25, 0.3) is 11.8 Å². The Morgan fingerprint density at radius 2 is 2.00 bits per heavy atom. The lowest BCUT2D eigenvalue weighted by Gasteiger charge is -2.20. The van der Waals surface area contributed by atoms with Gasteiger partial charge in [0.1, 0.15) is 11.6 Å². The Morgan fingerprint density at radius 1 is 1.29 bits per heavy atom. The van der Waals surface area contributed by atoms with Gasteiger partial charge < -0.3 is 20.2 Å². The van der Waals surface area contributed by atoms with Crippen LogP contribution in [0.5, 0.6) is 0 Å². The third kappa shape index (κ3) is 3.40. The van der Waals surface area contributed by atoms with E-state index in [0.29, 0.717) is 11.3 Å². The van der Waals surface area contributed by atoms with Crippen LogP contribution in [-0.2, 0) is 11.2 Å². The highest BCUT2D eigenvalue weighted by Crippen LogP contribution is 2.25. The van der Waals surface area contributed by atoms with Crippen LogP contribution in [0.25, 0.3) is 0 Å². The molecule has 2 aromatic rings. The SMILES string of the molecule is CC(C)N1CC(C(=O)c2ccc(Cc3cccc(F)c3C(N)=O)o2)=C(O)C1=O. The molecule has 0 spiro atoms. The Morgan fingerprint density at radius 3 is 2.61 bits per heavy atom. The lowest BCUT2D eigenvalue weighted by atomic mass is 10.0. The fraction of sp³-hybridized carbons (Fsp3) is 0.250. The minimum atomic E-state index is -0.899. The van der Waals surface area contributed by atoms with Gasteiger partial charge in [0, 0.05) is 12.5 Å². The lowest BCUT2D eigenvalue weighted by Crippen LogP contribution is -2.34. The summed E-state index contributed by atoms with van der Waals surface area (Å²) in [7, 11) is 0. The first-order chi connectivity index (χ1) is 13.2. The molecular weight excluding hydrogens is 367 g/mol. The normalized spacial score (nSPS) is 14.3. The van der Waals surface area contributed by atoms with Crippen LogP contribution in [0.2, 0.25) is 0 Å². The summed E-state index contributed by atoms with van der Waals surface area (Å²) in [6.07, 6.45) is 0.0470. The first-order valence-corrected chi connectivity index (χ1v) is 8.64. The number of aliphatic hydroxyl groups is 1. The van der Waals surface area contributed by atoms with E-state index >= 15 is 0 Å². The molecule has 0 aliphatic carbocycles. The highest BCUT2D eigenvalue weighted by Gasteiger charge is 2.36. The second kappa shape index (κ2) is 7.30. The van der Waals surface area contributed by atoms with Gasteiger partial charge in [0.15, 0.2) is 11.5 Å². The molecule has 1 aliphatic heterocycles. The molecule has 0 unspecified atom stereocenters. The smallest absolute Gasteiger partial charge is 0.289 e. The Labute approximate surface area is 160 Å². The van der Waals surface area contributed by atoms with E-state index in [4.69, 9.17) is 10.2 Å². The van der Waals surface area contributed by atoms with E-state index in [0.717, 1.165) is 6.07 Å². The molecule has 0 bridgehead atoms. The molecule has 28 heavy (non-hydrogen) atoms. The molecule has 1 aromatic carbocycles. The lowest BCUT2D eigenvalue weighted by molar-refractivity contribution is -0.129. The third-order valence-corrected chi connectivity index (χ3v) is 4.57. The fourth-order valence-electron chi connectivity index (χ4n) is 3.10. The maximum absolute atomic E-state index is 13.9. The van der Waals surface area contributed by atoms with Crippen LogP contribution in [0.3, 0.4) is 0 Å². The highest BCUT2D eigenvalue weighted by molar-refractivity contribution is 6.14. The number of amides is 2. The predicted molar refractivity (Wildman–Crippen MR) is 97.3 cm³/mol. The van der Waals surface area contributed by atoms with E-state index in [1.807, 2.05) is 0 Å². The van der Waals surface area contributed by atoms with Crippen LogP contribution >= 0.6 is 0 Å². The average Bonchev–Trinajstić information content (AvgIpc) is 3.20. The Bertz CT molecular complexity index is 1010. The van der Waals surface area contributed by atoms with Crippen molar-refractivity contribution in [2.45, 2.75) is 26.3 Å². The first-order valence-electron chi connectivity index (χ1n) is 8.64. The summed E-state index contributed by atoms with van der Waals surface area (Å²) in [5, 5.41) is 10.0. The molecule has 8 heteroatoms. The number of rotatable bonds is 6. The van der Waals surface area contributed by atoms with E-state index in [1.165, 1.54) is 29.2 Å². The number of nitrogens with two attached hydrogens (primary N) is 1. The van der Waals surface area contributed by atoms with Gasteiger partial charge in [-0.15, -0.1) is 0 Å². The van der Waals surface area contributed by atoms with Crippen molar-refractivity contribution < 1.29 is 28.3 Å². The van der Waals surface area contributed by atoms with Crippen molar-refractivity contribution in [3.05, 3.63) is 70.1 Å². The minimum absolute atomic E-state index is 0.00702. The van der Waals surface area contributed by atoms with Gasteiger partial charge in [-0.2, -0.15) is 0 Å². The molecule has 3 N–H and O–H groups in total. The van der Waals surface area contributed by atoms with Crippen molar-refractivity contribution in [3.8, 4) is 0 Å². The zero-order chi connectivity index (χ0) is 20.6. The van der Waals surface area contributed by atoms with Crippen molar-refractivity contribution >= 4 is 17.6 Å². The monoisotopic (exact) mass is 386 g/mol. The number of Topliss-reactive ketones (excluding diaryl/α,β-unsaturated/α-hetero) is 1. The van der Waals surface area contributed by atoms with Gasteiger partial charge >= 0.3 is 0 Å². The molecule has 146 valence electrons. The molecule has 0 fully saturated rings. The van der Waals surface area contributed by atoms with Crippen LogP contribution in [0.4, 0.5) is 4.39 Å². The van der Waals surface area contributed by atoms with E-state index in [9.17, 15) is 23.9 Å². The maximum atomic E-state index is 13.9. The van der Waals surface area contributed by atoms with Crippen molar-refractivity contribution in [3.63, 3.8) is 0 Å². The molecule has 1 aliphatic rings. The van der Waals surface area contributed by atoms with Crippen molar-refractivity contribution in [1.29, 1.82) is 0 Å². The Hall–Kier alpha value is -3.42. The van der Waals surface area contributed by atoms with Crippen molar-refractivity contribution in [2.75, 3.05) is 6.54 Å². The molecular formula is C20H19FN2O5. The molecule has 1 aromatic heterocycles. The maximum Gasteiger partial charge on any atom is 0.289 e. The number of aliphatic hydroxyl groups excluding tert-OH is 1. The zero-order valence-corrected chi connectivity index (χ0v) is 15.4. The van der Waals surface area contributed by atoms with Crippen molar-refractivity contribution in [2.24, 2.45) is 5.73 Å². The number of primary amides is 1. The predicted octanol–water partition coefficient (Wildman–Crippen LogP) is 2.35. The van der Waals surface area contributed by atoms with Crippen LogP contribution in [0.15, 0.2) is 46.1 Å². The number of benzene rings is 1. The molecule has 2 amide bonds. The second-order valence-electron chi connectivity index (χ2n) is 6.76. The van der Waals surface area contributed by atoms with Gasteiger partial charge in [-0.3, -0.25) is 14.4 Å². The topological polar surface area (TPSA) is 114 Å². The summed E-state index contributed by atoms with van der Waals surface area (Å²) in [5.41, 5.74) is 5.29. The molecule has 2 heterocycles. The van der Waals surface area contributed by atoms with E-state index in [2.05, 4.69) is 0 Å². The molecule has 3 rings (SSSR count). The number of ketones is 1. The third-order valence-electron chi connectivity index (χ3n) is 4.57. The number of halogens is 1. The van der Waals surface area contributed by atoms with Gasteiger partial charge in [0.2, 0.25) is 5.78 Å². The Balaban J connectivity index is 1.84. The minimum Gasteiger partial charge on any atom is -0.503 e. The van der Waals surface area contributed by atoms with Crippen LogP contribution in [0, 0.1) is 5.82 Å². The van der Waals surface area contributed by atoms with Gasteiger partial charge in [0.05, 0.1) is 17.7 Å². The summed E-state index contributed by atoms with van der Waals surface area (Å²) in [4.78, 5) is 37.5. The summed E-state index contributed by atoms with van der Waals surface area (Å²) < 4.78 is 19.4. The second-order valence-corrected chi connectivity index (χ2v) is 6.76. The summed E-state index contributed by atoms with van der Waals surface area (Å²) in [5.74, 6) is -3.18. The highest BCUT2D eigenvalue weighted by atomic mass is 19.1. The average molecular weight is 386 g/mol. The quantitative estimate of drug-likeness (QED) is 0.740. The van der Waals surface area contributed by atoms with E-state index in [-0.39, 0.29) is 35.9 Å². The largest absolute Gasteiger partial charge is 0.503 e. The number of furan rings is 1. The molecule has 7 nitrogen and oxygen atoms in total. The number of hydrogen-bond acceptors (Lipinski definition) is 5. The van der Waals surface area contributed by atoms with E-state index < -0.39 is 29.2 Å². The number of nitrogens with zero attached hydrogens (tertiary/aromatic N) is 1. The van der Waals surface area contributed by atoms with Crippen LogP contribution in [0.1, 0.15) is 46.1 Å². The summed E-state index contributed by atoms with van der Waals surface area (Å²) in [6, 6.07) is 6.86. The number of hydrogen-bond donors (Lipinski definition) is 2. The van der Waals surface area contributed by atoms with Crippen LogP contribution in [-0.4, -0.2) is 40.2 Å². The zero-order valence-electron chi connectivity index (χ0n) is 15.4. The molecule has 0 radical (unpaired) electrons.